The highest BCUT2D eigenvalue weighted by Gasteiger charge is 2.14. The fourth-order valence-electron chi connectivity index (χ4n) is 3.05. The highest BCUT2D eigenvalue weighted by atomic mass is 35.5. The summed E-state index contributed by atoms with van der Waals surface area (Å²) >= 11 is 13.8. The van der Waals surface area contributed by atoms with Gasteiger partial charge in [-0.25, -0.2) is 4.52 Å². The maximum atomic E-state index is 6.36. The Morgan fingerprint density at radius 1 is 1.00 bits per heavy atom. The van der Waals surface area contributed by atoms with E-state index in [-0.39, 0.29) is 0 Å². The van der Waals surface area contributed by atoms with Gasteiger partial charge in [0, 0.05) is 21.5 Å². The molecule has 5 rings (SSSR count). The van der Waals surface area contributed by atoms with Crippen LogP contribution >= 0.6 is 34.5 Å². The van der Waals surface area contributed by atoms with Gasteiger partial charge in [-0.05, 0) is 54.6 Å². The van der Waals surface area contributed by atoms with Crippen molar-refractivity contribution in [1.29, 1.82) is 0 Å². The quantitative estimate of drug-likeness (QED) is 0.342. The maximum absolute atomic E-state index is 6.36. The summed E-state index contributed by atoms with van der Waals surface area (Å²) in [6.45, 7) is 0. The minimum absolute atomic E-state index is 0.421. The van der Waals surface area contributed by atoms with E-state index in [9.17, 15) is 0 Å². The summed E-state index contributed by atoms with van der Waals surface area (Å²) in [5.74, 6) is 1.76. The fraction of sp³-hybridized carbons (Fsp3) is 0.0476. The Balaban J connectivity index is 1.38. The third kappa shape index (κ3) is 3.93. The van der Waals surface area contributed by atoms with Gasteiger partial charge < -0.3 is 10.1 Å². The molecule has 0 amide bonds. The van der Waals surface area contributed by atoms with E-state index < -0.39 is 0 Å². The third-order valence-electron chi connectivity index (χ3n) is 4.58. The average molecular weight is 469 g/mol. The second kappa shape index (κ2) is 8.14. The predicted molar refractivity (Wildman–Crippen MR) is 124 cm³/mol. The number of halogens is 2. The van der Waals surface area contributed by atoms with E-state index in [1.165, 1.54) is 11.3 Å². The van der Waals surface area contributed by atoms with Crippen molar-refractivity contribution in [1.82, 2.24) is 24.8 Å². The van der Waals surface area contributed by atoms with Crippen LogP contribution in [0.3, 0.4) is 0 Å². The summed E-state index contributed by atoms with van der Waals surface area (Å²) in [4.78, 5) is 5.24. The van der Waals surface area contributed by atoms with E-state index in [1.807, 2.05) is 47.8 Å². The molecule has 0 saturated carbocycles. The van der Waals surface area contributed by atoms with Gasteiger partial charge in [-0.2, -0.15) is 4.98 Å². The lowest BCUT2D eigenvalue weighted by molar-refractivity contribution is 0.415. The van der Waals surface area contributed by atoms with Crippen molar-refractivity contribution in [3.05, 3.63) is 70.0 Å². The van der Waals surface area contributed by atoms with Crippen LogP contribution in [0.4, 0.5) is 11.8 Å². The van der Waals surface area contributed by atoms with Crippen LogP contribution in [0.25, 0.3) is 27.5 Å². The summed E-state index contributed by atoms with van der Waals surface area (Å²) in [7, 11) is 1.64. The number of hydrogen-bond acceptors (Lipinski definition) is 7. The number of nitrogens with one attached hydrogen (secondary N) is 1. The van der Waals surface area contributed by atoms with Crippen LogP contribution in [0.2, 0.25) is 10.0 Å². The van der Waals surface area contributed by atoms with E-state index in [2.05, 4.69) is 25.6 Å². The van der Waals surface area contributed by atoms with Crippen LogP contribution in [-0.4, -0.2) is 31.9 Å². The minimum atomic E-state index is 0.421. The zero-order valence-corrected chi connectivity index (χ0v) is 18.4. The molecule has 1 N–H and O–H groups in total. The highest BCUT2D eigenvalue weighted by molar-refractivity contribution is 7.15. The summed E-state index contributed by atoms with van der Waals surface area (Å²) in [6.07, 6.45) is 0. The Hall–Kier alpha value is -3.20. The fourth-order valence-corrected chi connectivity index (χ4v) is 4.37. The lowest BCUT2D eigenvalue weighted by Gasteiger charge is -2.04. The topological polar surface area (TPSA) is 77.2 Å². The predicted octanol–water partition coefficient (Wildman–Crippen LogP) is 5.97. The SMILES string of the molecule is COc1ccc(-c2ccc(Nc3nc4scc(-c5ccc(Cl)cc5Cl)n4n3)nn2)cc1. The van der Waals surface area contributed by atoms with Crippen molar-refractivity contribution in [2.24, 2.45) is 0 Å². The van der Waals surface area contributed by atoms with E-state index in [0.717, 1.165) is 33.2 Å². The van der Waals surface area contributed by atoms with Gasteiger partial charge in [-0.15, -0.1) is 26.6 Å². The number of anilines is 2. The smallest absolute Gasteiger partial charge is 0.249 e. The molecule has 0 saturated heterocycles. The molecule has 0 atom stereocenters. The zero-order chi connectivity index (χ0) is 21.4. The van der Waals surface area contributed by atoms with Gasteiger partial charge in [0.05, 0.1) is 23.5 Å². The highest BCUT2D eigenvalue weighted by Crippen LogP contribution is 2.33. The first-order valence-corrected chi connectivity index (χ1v) is 10.8. The molecule has 3 heterocycles. The molecule has 0 radical (unpaired) electrons. The van der Waals surface area contributed by atoms with Crippen LogP contribution in [0.15, 0.2) is 60.0 Å². The van der Waals surface area contributed by atoms with Crippen molar-refractivity contribution in [3.8, 4) is 28.3 Å². The number of hydrogen-bond donors (Lipinski definition) is 1. The molecule has 10 heteroatoms. The van der Waals surface area contributed by atoms with Gasteiger partial charge in [0.25, 0.3) is 0 Å². The molecule has 0 aliphatic carbocycles. The molecule has 0 aliphatic rings. The van der Waals surface area contributed by atoms with Gasteiger partial charge in [-0.3, -0.25) is 0 Å². The molecule has 0 unspecified atom stereocenters. The monoisotopic (exact) mass is 468 g/mol. The van der Waals surface area contributed by atoms with Gasteiger partial charge in [-0.1, -0.05) is 23.2 Å². The van der Waals surface area contributed by atoms with Crippen molar-refractivity contribution in [3.63, 3.8) is 0 Å². The van der Waals surface area contributed by atoms with Gasteiger partial charge >= 0.3 is 0 Å². The number of benzene rings is 2. The van der Waals surface area contributed by atoms with Crippen LogP contribution < -0.4 is 10.1 Å². The number of nitrogens with zero attached hydrogens (tertiary/aromatic N) is 5. The van der Waals surface area contributed by atoms with Crippen LogP contribution in [0.5, 0.6) is 5.75 Å². The van der Waals surface area contributed by atoms with E-state index in [4.69, 9.17) is 27.9 Å². The molecule has 0 bridgehead atoms. The first kappa shape index (κ1) is 19.7. The van der Waals surface area contributed by atoms with Crippen molar-refractivity contribution in [2.75, 3.05) is 12.4 Å². The molecule has 0 aliphatic heterocycles. The Morgan fingerprint density at radius 2 is 1.84 bits per heavy atom. The molecule has 7 nitrogen and oxygen atoms in total. The van der Waals surface area contributed by atoms with Gasteiger partial charge in [0.2, 0.25) is 10.9 Å². The van der Waals surface area contributed by atoms with E-state index in [0.29, 0.717) is 21.8 Å². The molecule has 0 fully saturated rings. The van der Waals surface area contributed by atoms with E-state index in [1.54, 1.807) is 23.8 Å². The molecule has 154 valence electrons. The molecule has 5 aromatic rings. The summed E-state index contributed by atoms with van der Waals surface area (Å²) in [5, 5.41) is 19.2. The molecule has 3 aromatic heterocycles. The molecule has 31 heavy (non-hydrogen) atoms. The maximum Gasteiger partial charge on any atom is 0.249 e. The van der Waals surface area contributed by atoms with Gasteiger partial charge in [0.1, 0.15) is 5.75 Å². The first-order valence-electron chi connectivity index (χ1n) is 9.15. The molecular weight excluding hydrogens is 455 g/mol. The first-order chi connectivity index (χ1) is 15.1. The lowest BCUT2D eigenvalue weighted by Crippen LogP contribution is -1.98. The number of aromatic nitrogens is 5. The molecule has 2 aromatic carbocycles. The average Bonchev–Trinajstić information content (AvgIpc) is 3.35. The van der Waals surface area contributed by atoms with Gasteiger partial charge in [0.15, 0.2) is 5.82 Å². The Kier molecular flexibility index (Phi) is 5.19. The van der Waals surface area contributed by atoms with Crippen molar-refractivity contribution < 1.29 is 4.74 Å². The van der Waals surface area contributed by atoms with Crippen LogP contribution in [0.1, 0.15) is 0 Å². The second-order valence-electron chi connectivity index (χ2n) is 6.53. The summed E-state index contributed by atoms with van der Waals surface area (Å²) in [6, 6.07) is 16.7. The van der Waals surface area contributed by atoms with Crippen molar-refractivity contribution >= 4 is 51.3 Å². The standard InChI is InChI=1S/C21H14Cl2N6OS/c1-30-14-5-2-12(3-6-14)17-8-9-19(27-26-17)24-20-25-21-29(28-20)18(11-31-21)15-7-4-13(22)10-16(15)23/h2-11H,1H3,(H,24,27,28). The molecular formula is C21H14Cl2N6OS. The zero-order valence-electron chi connectivity index (χ0n) is 16.1. The largest absolute Gasteiger partial charge is 0.497 e. The minimum Gasteiger partial charge on any atom is -0.497 e. The number of fused-ring (bicyclic) bond motifs is 1. The normalized spacial score (nSPS) is 11.1. The number of thiazole rings is 1. The Morgan fingerprint density at radius 3 is 2.55 bits per heavy atom. The Bertz CT molecular complexity index is 1370. The number of ether oxygens (including phenoxy) is 1. The van der Waals surface area contributed by atoms with E-state index >= 15 is 0 Å². The number of methoxy groups -OCH3 is 1. The summed E-state index contributed by atoms with van der Waals surface area (Å²) < 4.78 is 6.92. The van der Waals surface area contributed by atoms with Crippen LogP contribution in [0, 0.1) is 0 Å². The third-order valence-corrected chi connectivity index (χ3v) is 5.94. The molecule has 0 spiro atoms. The second-order valence-corrected chi connectivity index (χ2v) is 8.21. The number of rotatable bonds is 5. The van der Waals surface area contributed by atoms with Crippen LogP contribution in [-0.2, 0) is 0 Å². The van der Waals surface area contributed by atoms with Crippen molar-refractivity contribution in [2.45, 2.75) is 0 Å². The lowest BCUT2D eigenvalue weighted by atomic mass is 10.1. The Labute approximate surface area is 191 Å². The summed E-state index contributed by atoms with van der Waals surface area (Å²) in [5.41, 5.74) is 3.37.